The summed E-state index contributed by atoms with van der Waals surface area (Å²) < 4.78 is 48.1. The lowest BCUT2D eigenvalue weighted by Crippen LogP contribution is -2.49. The van der Waals surface area contributed by atoms with Crippen molar-refractivity contribution in [1.29, 1.82) is 0 Å². The normalized spacial score (nSPS) is 30.2. The summed E-state index contributed by atoms with van der Waals surface area (Å²) in [5.41, 5.74) is 2.74. The fraction of sp³-hybridized carbons (Fsp3) is 0.583. The monoisotopic (exact) mass is 670 g/mol. The van der Waals surface area contributed by atoms with E-state index in [1.807, 2.05) is 38.1 Å². The number of anilines is 1. The van der Waals surface area contributed by atoms with Gasteiger partial charge in [-0.2, -0.15) is 0 Å². The summed E-state index contributed by atoms with van der Waals surface area (Å²) in [6.45, 7) is 5.76. The molecule has 5 atom stereocenters. The average Bonchev–Trinajstić information content (AvgIpc) is 3.16. The number of nitrogens with one attached hydrogen (secondary N) is 1. The molecule has 0 unspecified atom stereocenters. The number of sulfonamides is 1. The maximum Gasteiger partial charge on any atom is 0.264 e. The van der Waals surface area contributed by atoms with Crippen molar-refractivity contribution in [3.05, 3.63) is 70.3 Å². The standard InChI is InChI=1S/C36H47ClN2O6S/c1-35(2,44-4)20-28-9-5-6-10-32(43-3)29-14-11-26(29)21-39-22-36(17-7-8-24-18-27(37)13-15-30(24)36)23-45-33-16-12-25(19-31(33)39)34(40)38-46(28,41)42/h6,10,12-13,15-16,18-19,26,28-29,32H,5,7-9,11,14,17,20-23H2,1-4H3,(H,38,40)/b10-6-/t26-,28+,29+,32-,36-/m0/s1. The number of hydrogen-bond donors (Lipinski definition) is 1. The van der Waals surface area contributed by atoms with E-state index in [-0.39, 0.29) is 17.9 Å². The minimum Gasteiger partial charge on any atom is -0.490 e. The molecule has 8 nitrogen and oxygen atoms in total. The van der Waals surface area contributed by atoms with Crippen molar-refractivity contribution < 1.29 is 27.4 Å². The second kappa shape index (κ2) is 13.1. The highest BCUT2D eigenvalue weighted by Crippen LogP contribution is 2.47. The number of amides is 1. The number of allylic oxidation sites excluding steroid dienone is 1. The van der Waals surface area contributed by atoms with Crippen LogP contribution in [0.4, 0.5) is 5.69 Å². The number of aryl methyl sites for hydroxylation is 1. The topological polar surface area (TPSA) is 94.2 Å². The lowest BCUT2D eigenvalue weighted by Gasteiger charge is -2.46. The second-order valence-electron chi connectivity index (χ2n) is 14.3. The molecule has 1 saturated carbocycles. The van der Waals surface area contributed by atoms with Crippen molar-refractivity contribution in [3.8, 4) is 5.75 Å². The van der Waals surface area contributed by atoms with Crippen LogP contribution in [0.25, 0.3) is 0 Å². The van der Waals surface area contributed by atoms with Gasteiger partial charge in [0.25, 0.3) is 5.91 Å². The van der Waals surface area contributed by atoms with Crippen LogP contribution in [0.2, 0.25) is 5.02 Å². The Morgan fingerprint density at radius 1 is 1.13 bits per heavy atom. The molecule has 2 aliphatic heterocycles. The van der Waals surface area contributed by atoms with Gasteiger partial charge in [-0.15, -0.1) is 0 Å². The number of halogens is 1. The maximum absolute atomic E-state index is 13.7. The van der Waals surface area contributed by atoms with Gasteiger partial charge < -0.3 is 19.1 Å². The third-order valence-electron chi connectivity index (χ3n) is 10.9. The van der Waals surface area contributed by atoms with Gasteiger partial charge in [0.2, 0.25) is 10.0 Å². The molecule has 1 spiro atoms. The number of fused-ring (bicyclic) bond motifs is 4. The fourth-order valence-electron chi connectivity index (χ4n) is 7.97. The number of rotatable bonds is 4. The molecule has 0 radical (unpaired) electrons. The zero-order chi connectivity index (χ0) is 32.7. The fourth-order valence-corrected chi connectivity index (χ4v) is 9.78. The van der Waals surface area contributed by atoms with Gasteiger partial charge >= 0.3 is 0 Å². The molecule has 2 heterocycles. The Morgan fingerprint density at radius 3 is 2.70 bits per heavy atom. The summed E-state index contributed by atoms with van der Waals surface area (Å²) in [7, 11) is -0.687. The van der Waals surface area contributed by atoms with Crippen LogP contribution in [-0.4, -0.2) is 65.2 Å². The summed E-state index contributed by atoms with van der Waals surface area (Å²) in [4.78, 5) is 16.0. The molecule has 10 heteroatoms. The predicted molar refractivity (Wildman–Crippen MR) is 181 cm³/mol. The van der Waals surface area contributed by atoms with Crippen LogP contribution in [0.15, 0.2) is 48.6 Å². The minimum absolute atomic E-state index is 0.0580. The third-order valence-corrected chi connectivity index (χ3v) is 12.8. The van der Waals surface area contributed by atoms with Gasteiger partial charge in [-0.3, -0.25) is 4.79 Å². The number of carbonyl (C=O) groups excluding carboxylic acids is 1. The molecular formula is C36H47ClN2O6S. The van der Waals surface area contributed by atoms with Crippen molar-refractivity contribution in [2.45, 2.75) is 87.6 Å². The number of ether oxygens (including phenoxy) is 3. The van der Waals surface area contributed by atoms with Crippen molar-refractivity contribution >= 4 is 33.2 Å². The highest BCUT2D eigenvalue weighted by atomic mass is 35.5. The van der Waals surface area contributed by atoms with E-state index in [0.717, 1.165) is 55.9 Å². The van der Waals surface area contributed by atoms with E-state index >= 15 is 0 Å². The third kappa shape index (κ3) is 6.71. The molecule has 1 fully saturated rings. The molecule has 1 N–H and O–H groups in total. The smallest absolute Gasteiger partial charge is 0.264 e. The summed E-state index contributed by atoms with van der Waals surface area (Å²) in [5.74, 6) is 0.806. The first-order valence-corrected chi connectivity index (χ1v) is 18.5. The molecule has 2 aromatic rings. The molecule has 2 aromatic carbocycles. The van der Waals surface area contributed by atoms with Gasteiger partial charge in [-0.1, -0.05) is 29.8 Å². The van der Waals surface area contributed by atoms with Gasteiger partial charge in [0.15, 0.2) is 0 Å². The van der Waals surface area contributed by atoms with Gasteiger partial charge in [-0.05, 0) is 119 Å². The number of nitrogens with zero attached hydrogens (tertiary/aromatic N) is 1. The minimum atomic E-state index is -4.02. The lowest BCUT2D eigenvalue weighted by atomic mass is 9.68. The van der Waals surface area contributed by atoms with Crippen molar-refractivity contribution in [2.75, 3.05) is 38.8 Å². The first kappa shape index (κ1) is 33.3. The van der Waals surface area contributed by atoms with E-state index in [1.165, 1.54) is 11.1 Å². The van der Waals surface area contributed by atoms with Gasteiger partial charge in [0, 0.05) is 43.3 Å². The Morgan fingerprint density at radius 2 is 1.96 bits per heavy atom. The SMILES string of the molecule is CO[C@H]1/C=C\CC[C@H](CC(C)(C)OC)S(=O)(=O)NC(=O)c2ccc3c(c2)N(C[C@@H]2CC[C@H]21)C[C@@]1(CCCc2cc(Cl)ccc21)CO3. The largest absolute Gasteiger partial charge is 0.490 e. The first-order valence-electron chi connectivity index (χ1n) is 16.5. The zero-order valence-electron chi connectivity index (χ0n) is 27.4. The number of carbonyl (C=O) groups is 1. The molecular weight excluding hydrogens is 624 g/mol. The highest BCUT2D eigenvalue weighted by molar-refractivity contribution is 7.90. The average molecular weight is 671 g/mol. The summed E-state index contributed by atoms with van der Waals surface area (Å²) in [6.07, 6.45) is 10.4. The maximum atomic E-state index is 13.7. The summed E-state index contributed by atoms with van der Waals surface area (Å²) in [6, 6.07) is 11.5. The molecule has 1 amide bonds. The molecule has 250 valence electrons. The quantitative estimate of drug-likeness (QED) is 0.374. The Balaban J connectivity index is 1.41. The van der Waals surface area contributed by atoms with E-state index in [9.17, 15) is 13.2 Å². The molecule has 46 heavy (non-hydrogen) atoms. The van der Waals surface area contributed by atoms with Crippen LogP contribution in [0, 0.1) is 11.8 Å². The summed E-state index contributed by atoms with van der Waals surface area (Å²) in [5, 5.41) is -0.0740. The Kier molecular flexibility index (Phi) is 9.51. The van der Waals surface area contributed by atoms with Crippen LogP contribution < -0.4 is 14.4 Å². The molecule has 4 aliphatic rings. The number of methoxy groups -OCH3 is 2. The van der Waals surface area contributed by atoms with E-state index < -0.39 is 26.8 Å². The van der Waals surface area contributed by atoms with Crippen molar-refractivity contribution in [1.82, 2.24) is 4.72 Å². The second-order valence-corrected chi connectivity index (χ2v) is 16.7. The highest BCUT2D eigenvalue weighted by Gasteiger charge is 2.44. The van der Waals surface area contributed by atoms with Gasteiger partial charge in [0.1, 0.15) is 5.75 Å². The Labute approximate surface area is 278 Å². The van der Waals surface area contributed by atoms with E-state index in [1.54, 1.807) is 20.3 Å². The molecule has 2 bridgehead atoms. The van der Waals surface area contributed by atoms with Gasteiger partial charge in [-0.25, -0.2) is 13.1 Å². The van der Waals surface area contributed by atoms with E-state index in [0.29, 0.717) is 42.6 Å². The molecule has 0 saturated heterocycles. The first-order chi connectivity index (χ1) is 21.9. The van der Waals surface area contributed by atoms with E-state index in [2.05, 4.69) is 27.8 Å². The Bertz CT molecular complexity index is 1590. The van der Waals surface area contributed by atoms with Crippen LogP contribution in [0.1, 0.15) is 80.3 Å². The van der Waals surface area contributed by atoms with E-state index in [4.69, 9.17) is 25.8 Å². The number of benzene rings is 2. The lowest BCUT2D eigenvalue weighted by molar-refractivity contribution is 0.0127. The van der Waals surface area contributed by atoms with Crippen molar-refractivity contribution in [2.24, 2.45) is 11.8 Å². The Hall–Kier alpha value is -2.59. The van der Waals surface area contributed by atoms with Crippen LogP contribution in [0.5, 0.6) is 5.75 Å². The van der Waals surface area contributed by atoms with Crippen LogP contribution in [-0.2, 0) is 31.3 Å². The molecule has 0 aromatic heterocycles. The zero-order valence-corrected chi connectivity index (χ0v) is 29.0. The van der Waals surface area contributed by atoms with Crippen LogP contribution in [0.3, 0.4) is 0 Å². The predicted octanol–water partition coefficient (Wildman–Crippen LogP) is 6.45. The number of hydrogen-bond acceptors (Lipinski definition) is 7. The summed E-state index contributed by atoms with van der Waals surface area (Å²) >= 11 is 6.43. The van der Waals surface area contributed by atoms with Crippen molar-refractivity contribution in [3.63, 3.8) is 0 Å². The van der Waals surface area contributed by atoms with Crippen LogP contribution >= 0.6 is 11.6 Å². The molecule has 2 aliphatic carbocycles. The molecule has 6 rings (SSSR count). The van der Waals surface area contributed by atoms with Gasteiger partial charge in [0.05, 0.1) is 29.2 Å².